The minimum absolute atomic E-state index is 0.0113. The predicted octanol–water partition coefficient (Wildman–Crippen LogP) is 6.27. The molecule has 0 atom stereocenters. The van der Waals surface area contributed by atoms with Crippen LogP contribution in [0.3, 0.4) is 0 Å². The normalized spacial score (nSPS) is 15.4. The van der Waals surface area contributed by atoms with Crippen LogP contribution in [0.15, 0.2) is 32.0 Å². The summed E-state index contributed by atoms with van der Waals surface area (Å²) in [7, 11) is 0. The molecule has 0 fully saturated rings. The molecule has 3 N–H and O–H groups in total. The van der Waals surface area contributed by atoms with Crippen LogP contribution in [0.25, 0.3) is 0 Å². The van der Waals surface area contributed by atoms with E-state index in [0.29, 0.717) is 58.0 Å². The maximum Gasteiger partial charge on any atom is 0.309 e. The number of unbranched alkanes of at least 4 members (excludes halogenated alkanes) is 7. The number of amides is 1. The third-order valence-corrected chi connectivity index (χ3v) is 9.00. The average molecular weight is 591 g/mol. The minimum Gasteiger partial charge on any atom is -0.481 e. The highest BCUT2D eigenvalue weighted by molar-refractivity contribution is 8.14. The second kappa shape index (κ2) is 16.5. The molecule has 0 radical (unpaired) electrons. The first-order valence-electron chi connectivity index (χ1n) is 14.1. The quantitative estimate of drug-likeness (QED) is 0.108. The lowest BCUT2D eigenvalue weighted by Crippen LogP contribution is -2.29. The Bertz CT molecular complexity index is 1170. The Morgan fingerprint density at radius 3 is 2.00 bits per heavy atom. The Balaban J connectivity index is 1.50. The average Bonchev–Trinajstić information content (AvgIpc) is 3.34. The van der Waals surface area contributed by atoms with Crippen molar-refractivity contribution in [3.63, 3.8) is 0 Å². The molecule has 0 aromatic carbocycles. The van der Waals surface area contributed by atoms with Gasteiger partial charge in [-0.3, -0.25) is 24.0 Å². The molecule has 1 aromatic rings. The number of hydrogen-bond acceptors (Lipinski definition) is 8. The molecule has 0 saturated heterocycles. The summed E-state index contributed by atoms with van der Waals surface area (Å²) in [6.45, 7) is 0.224. The molecule has 0 aliphatic heterocycles. The van der Waals surface area contributed by atoms with Crippen LogP contribution in [-0.4, -0.2) is 50.5 Å². The molecule has 40 heavy (non-hydrogen) atoms. The van der Waals surface area contributed by atoms with E-state index >= 15 is 0 Å². The van der Waals surface area contributed by atoms with Crippen molar-refractivity contribution in [1.29, 1.82) is 0 Å². The first-order chi connectivity index (χ1) is 19.3. The molecule has 3 rings (SSSR count). The summed E-state index contributed by atoms with van der Waals surface area (Å²) in [5.74, 6) is -1.75. The maximum absolute atomic E-state index is 13.4. The van der Waals surface area contributed by atoms with E-state index in [0.717, 1.165) is 76.0 Å². The van der Waals surface area contributed by atoms with Gasteiger partial charge in [0.05, 0.1) is 12.1 Å². The number of carboxylic acids is 2. The van der Waals surface area contributed by atoms with Gasteiger partial charge in [0, 0.05) is 52.4 Å². The minimum atomic E-state index is -0.983. The van der Waals surface area contributed by atoms with Gasteiger partial charge in [0.2, 0.25) is 0 Å². The summed E-state index contributed by atoms with van der Waals surface area (Å²) in [4.78, 5) is 64.8. The monoisotopic (exact) mass is 590 g/mol. The van der Waals surface area contributed by atoms with Gasteiger partial charge < -0.3 is 15.5 Å². The zero-order valence-electron chi connectivity index (χ0n) is 22.8. The summed E-state index contributed by atoms with van der Waals surface area (Å²) < 4.78 is 0.454. The number of aliphatic carboxylic acids is 2. The summed E-state index contributed by atoms with van der Waals surface area (Å²) in [5.41, 5.74) is 2.90. The molecule has 2 aliphatic rings. The number of thioether (sulfide) groups is 1. The number of rotatable bonds is 17. The number of carboxylic acid groups (broad SMARTS) is 2. The summed E-state index contributed by atoms with van der Waals surface area (Å²) >= 11 is 2.10. The fraction of sp³-hybridized carbons (Fsp3) is 0.586. The molecular weight excluding hydrogens is 552 g/mol. The molecule has 0 bridgehead atoms. The van der Waals surface area contributed by atoms with E-state index in [-0.39, 0.29) is 36.2 Å². The molecule has 1 aromatic heterocycles. The van der Waals surface area contributed by atoms with Gasteiger partial charge in [0.25, 0.3) is 5.24 Å². The van der Waals surface area contributed by atoms with E-state index in [1.54, 1.807) is 5.38 Å². The van der Waals surface area contributed by atoms with E-state index < -0.39 is 11.9 Å². The molecule has 9 nitrogen and oxygen atoms in total. The van der Waals surface area contributed by atoms with Crippen LogP contribution in [0.4, 0.5) is 4.79 Å². The number of thiazole rings is 1. The highest BCUT2D eigenvalue weighted by Gasteiger charge is 2.34. The predicted molar refractivity (Wildman–Crippen MR) is 154 cm³/mol. The third-order valence-electron chi connectivity index (χ3n) is 7.18. The highest BCUT2D eigenvalue weighted by Crippen LogP contribution is 2.37. The molecule has 1 amide bonds. The Morgan fingerprint density at radius 1 is 0.825 bits per heavy atom. The molecule has 2 aliphatic carbocycles. The number of hydrogen-bond donors (Lipinski definition) is 3. The van der Waals surface area contributed by atoms with Crippen molar-refractivity contribution in [2.75, 3.05) is 6.54 Å². The first kappa shape index (κ1) is 31.7. The van der Waals surface area contributed by atoms with E-state index in [2.05, 4.69) is 10.3 Å². The number of nitrogens with one attached hydrogen (secondary N) is 1. The van der Waals surface area contributed by atoms with Gasteiger partial charge in [-0.25, -0.2) is 4.98 Å². The van der Waals surface area contributed by atoms with Crippen LogP contribution in [0.5, 0.6) is 0 Å². The van der Waals surface area contributed by atoms with E-state index in [1.165, 1.54) is 11.3 Å². The summed E-state index contributed by atoms with van der Waals surface area (Å²) in [5, 5.41) is 21.7. The highest BCUT2D eigenvalue weighted by atomic mass is 32.2. The number of carbonyl (C=O) groups is 5. The van der Waals surface area contributed by atoms with Crippen LogP contribution < -0.4 is 5.32 Å². The van der Waals surface area contributed by atoms with Crippen molar-refractivity contribution < 1.29 is 34.2 Å². The Morgan fingerprint density at radius 2 is 1.40 bits per heavy atom. The SMILES string of the molecule is O=C(O)CCCCCCCCCCC1=C(CCNC(=O)Sc2nc(CC(=O)O)cs2)C(=O)C2=C(CCCC2)C1=O. The zero-order valence-corrected chi connectivity index (χ0v) is 24.4. The van der Waals surface area contributed by atoms with Gasteiger partial charge in [0.15, 0.2) is 15.9 Å². The van der Waals surface area contributed by atoms with Crippen molar-refractivity contribution in [2.45, 2.75) is 107 Å². The van der Waals surface area contributed by atoms with Crippen LogP contribution >= 0.6 is 23.1 Å². The van der Waals surface area contributed by atoms with E-state index in [9.17, 15) is 24.0 Å². The number of Topliss-reactive ketones (excluding diaryl/α,β-unsaturated/α-hetero) is 2. The van der Waals surface area contributed by atoms with Crippen LogP contribution in [-0.2, 0) is 25.6 Å². The first-order valence-corrected chi connectivity index (χ1v) is 15.8. The van der Waals surface area contributed by atoms with E-state index in [4.69, 9.17) is 10.2 Å². The van der Waals surface area contributed by atoms with Crippen LogP contribution in [0.2, 0.25) is 0 Å². The number of carbonyl (C=O) groups excluding carboxylic acids is 3. The lowest BCUT2D eigenvalue weighted by molar-refractivity contribution is -0.137. The molecule has 11 heteroatoms. The van der Waals surface area contributed by atoms with Crippen molar-refractivity contribution in [3.8, 4) is 0 Å². The molecule has 0 unspecified atom stereocenters. The van der Waals surface area contributed by atoms with Gasteiger partial charge in [-0.15, -0.1) is 11.3 Å². The Hall–Kier alpha value is -2.79. The van der Waals surface area contributed by atoms with Crippen molar-refractivity contribution in [2.24, 2.45) is 0 Å². The fourth-order valence-electron chi connectivity index (χ4n) is 5.19. The molecule has 1 heterocycles. The van der Waals surface area contributed by atoms with E-state index in [1.807, 2.05) is 0 Å². The van der Waals surface area contributed by atoms with Crippen LogP contribution in [0, 0.1) is 0 Å². The largest absolute Gasteiger partial charge is 0.481 e. The Kier molecular flexibility index (Phi) is 13.1. The summed E-state index contributed by atoms with van der Waals surface area (Å²) in [6, 6.07) is 0. The lowest BCUT2D eigenvalue weighted by Gasteiger charge is -2.27. The molecule has 218 valence electrons. The maximum atomic E-state index is 13.4. The molecule has 0 spiro atoms. The summed E-state index contributed by atoms with van der Waals surface area (Å²) in [6.07, 6.45) is 11.6. The zero-order chi connectivity index (χ0) is 28.9. The standard InChI is InChI=1S/C29H38N2O7S2/c32-24(33)14-8-6-4-2-1-3-5-7-11-22-23(27(37)21-13-10-9-12-20(21)26(22)36)15-16-30-28(38)40-29-31-19(18-39-29)17-25(34)35/h18H,1-17H2,(H,30,38)(H,32,33)(H,34,35). The van der Waals surface area contributed by atoms with Gasteiger partial charge in [-0.05, 0) is 51.4 Å². The van der Waals surface area contributed by atoms with Gasteiger partial charge in [-0.2, -0.15) is 0 Å². The third kappa shape index (κ3) is 9.99. The topological polar surface area (TPSA) is 151 Å². The van der Waals surface area contributed by atoms with Gasteiger partial charge in [0.1, 0.15) is 0 Å². The van der Waals surface area contributed by atoms with Crippen LogP contribution in [0.1, 0.15) is 102 Å². The number of ketones is 2. The van der Waals surface area contributed by atoms with Crippen molar-refractivity contribution >= 4 is 51.8 Å². The second-order valence-electron chi connectivity index (χ2n) is 10.2. The smallest absolute Gasteiger partial charge is 0.309 e. The second-order valence-corrected chi connectivity index (χ2v) is 12.3. The molecular formula is C29H38N2O7S2. The van der Waals surface area contributed by atoms with Gasteiger partial charge >= 0.3 is 11.9 Å². The van der Waals surface area contributed by atoms with Crippen molar-refractivity contribution in [1.82, 2.24) is 10.3 Å². The molecule has 0 saturated carbocycles. The lowest BCUT2D eigenvalue weighted by atomic mass is 9.75. The van der Waals surface area contributed by atoms with Gasteiger partial charge in [-0.1, -0.05) is 38.5 Å². The number of nitrogens with zero attached hydrogens (tertiary/aromatic N) is 1. The Labute approximate surface area is 242 Å². The van der Waals surface area contributed by atoms with Crippen molar-refractivity contribution in [3.05, 3.63) is 33.4 Å². The number of allylic oxidation sites excluding steroid dienone is 3. The fourth-order valence-corrected chi connectivity index (χ4v) is 6.79. The number of aromatic nitrogens is 1.